The molecular weight excluding hydrogens is 258 g/mol. The van der Waals surface area contributed by atoms with Crippen LogP contribution >= 0.6 is 0 Å². The summed E-state index contributed by atoms with van der Waals surface area (Å²) in [6.45, 7) is 2.00. The topological polar surface area (TPSA) is 89.8 Å². The van der Waals surface area contributed by atoms with Crippen LogP contribution in [0.4, 0.5) is 5.82 Å². The second-order valence-electron chi connectivity index (χ2n) is 4.35. The lowest BCUT2D eigenvalue weighted by molar-refractivity contribution is 0.0528. The van der Waals surface area contributed by atoms with Crippen molar-refractivity contribution in [3.8, 4) is 5.69 Å². The van der Waals surface area contributed by atoms with Gasteiger partial charge in [0.15, 0.2) is 0 Å². The van der Waals surface area contributed by atoms with Crippen molar-refractivity contribution < 1.29 is 14.7 Å². The number of nitrogens with two attached hydrogens (primary N) is 1. The number of anilines is 1. The number of fused-ring (bicyclic) bond motifs is 3. The van der Waals surface area contributed by atoms with Crippen LogP contribution in [-0.2, 0) is 4.74 Å². The molecule has 0 atom stereocenters. The molecule has 0 fully saturated rings. The third-order valence-electron chi connectivity index (χ3n) is 3.28. The van der Waals surface area contributed by atoms with E-state index in [1.807, 2.05) is 24.3 Å². The Hall–Kier alpha value is -2.76. The fourth-order valence-corrected chi connectivity index (χ4v) is 2.44. The predicted octanol–water partition coefficient (Wildman–Crippen LogP) is 1.78. The third kappa shape index (κ3) is 1.51. The molecular formula is C14H13N3O3. The molecule has 1 aromatic carbocycles. The summed E-state index contributed by atoms with van der Waals surface area (Å²) < 4.78 is 6.66. The molecule has 0 radical (unpaired) electrons. The first kappa shape index (κ1) is 12.3. The zero-order chi connectivity index (χ0) is 14.3. The van der Waals surface area contributed by atoms with Crippen molar-refractivity contribution in [2.24, 2.45) is 5.16 Å². The number of esters is 1. The predicted molar refractivity (Wildman–Crippen MR) is 73.6 cm³/mol. The van der Waals surface area contributed by atoms with Crippen LogP contribution in [0.3, 0.4) is 0 Å². The van der Waals surface area contributed by atoms with Gasteiger partial charge in [-0.15, -0.1) is 0 Å². The quantitative estimate of drug-likeness (QED) is 0.422. The minimum absolute atomic E-state index is 0.274. The van der Waals surface area contributed by atoms with E-state index in [2.05, 4.69) is 5.16 Å². The maximum Gasteiger partial charge on any atom is 0.341 e. The van der Waals surface area contributed by atoms with Gasteiger partial charge in [0.1, 0.15) is 17.1 Å². The Labute approximate surface area is 115 Å². The Morgan fingerprint density at radius 3 is 2.90 bits per heavy atom. The van der Waals surface area contributed by atoms with E-state index in [9.17, 15) is 10.0 Å². The summed E-state index contributed by atoms with van der Waals surface area (Å²) in [4.78, 5) is 11.9. The van der Waals surface area contributed by atoms with E-state index in [0.717, 1.165) is 11.3 Å². The molecule has 1 aliphatic heterocycles. The highest BCUT2D eigenvalue weighted by Gasteiger charge is 2.31. The number of hydrogen-bond donors (Lipinski definition) is 2. The maximum atomic E-state index is 11.9. The number of para-hydroxylation sites is 1. The fraction of sp³-hybridized carbons (Fsp3) is 0.143. The van der Waals surface area contributed by atoms with Gasteiger partial charge in [0, 0.05) is 5.56 Å². The van der Waals surface area contributed by atoms with E-state index in [1.54, 1.807) is 17.6 Å². The van der Waals surface area contributed by atoms with E-state index < -0.39 is 5.97 Å². The van der Waals surface area contributed by atoms with E-state index in [-0.39, 0.29) is 18.0 Å². The van der Waals surface area contributed by atoms with Crippen molar-refractivity contribution in [2.75, 3.05) is 12.3 Å². The molecule has 2 heterocycles. The highest BCUT2D eigenvalue weighted by molar-refractivity contribution is 6.19. The lowest BCUT2D eigenvalue weighted by atomic mass is 10.1. The molecule has 0 bridgehead atoms. The SMILES string of the molecule is CCOC(=O)c1cc2n(c1N)-c1ccccc1/C2=N/O. The Bertz CT molecular complexity index is 731. The van der Waals surface area contributed by atoms with E-state index in [4.69, 9.17) is 10.5 Å². The number of oxime groups is 1. The van der Waals surface area contributed by atoms with Crippen molar-refractivity contribution in [1.29, 1.82) is 0 Å². The van der Waals surface area contributed by atoms with Gasteiger partial charge < -0.3 is 15.7 Å². The molecule has 3 N–H and O–H groups in total. The Morgan fingerprint density at radius 2 is 2.20 bits per heavy atom. The van der Waals surface area contributed by atoms with Crippen molar-refractivity contribution in [3.63, 3.8) is 0 Å². The zero-order valence-corrected chi connectivity index (χ0v) is 10.8. The van der Waals surface area contributed by atoms with E-state index in [1.165, 1.54) is 0 Å². The summed E-state index contributed by atoms with van der Waals surface area (Å²) >= 11 is 0. The van der Waals surface area contributed by atoms with Gasteiger partial charge in [0.2, 0.25) is 0 Å². The Balaban J connectivity index is 2.23. The lowest BCUT2D eigenvalue weighted by Gasteiger charge is -2.06. The van der Waals surface area contributed by atoms with Gasteiger partial charge in [0.25, 0.3) is 0 Å². The number of carbonyl (C=O) groups excluding carboxylic acids is 1. The van der Waals surface area contributed by atoms with Gasteiger partial charge in [-0.05, 0) is 19.1 Å². The number of aromatic nitrogens is 1. The smallest absolute Gasteiger partial charge is 0.341 e. The summed E-state index contributed by atoms with van der Waals surface area (Å²) in [7, 11) is 0. The normalized spacial score (nSPS) is 14.2. The molecule has 6 nitrogen and oxygen atoms in total. The first-order valence-electron chi connectivity index (χ1n) is 6.19. The van der Waals surface area contributed by atoms with Crippen LogP contribution < -0.4 is 5.73 Å². The minimum atomic E-state index is -0.485. The fourth-order valence-electron chi connectivity index (χ4n) is 2.44. The average molecular weight is 271 g/mol. The van der Waals surface area contributed by atoms with Crippen LogP contribution in [0, 0.1) is 0 Å². The number of hydrogen-bond acceptors (Lipinski definition) is 5. The van der Waals surface area contributed by atoms with Gasteiger partial charge in [0.05, 0.1) is 18.0 Å². The van der Waals surface area contributed by atoms with Crippen molar-refractivity contribution in [2.45, 2.75) is 6.92 Å². The largest absolute Gasteiger partial charge is 0.462 e. The van der Waals surface area contributed by atoms with E-state index in [0.29, 0.717) is 11.4 Å². The Kier molecular flexibility index (Phi) is 2.71. The molecule has 0 saturated heterocycles. The van der Waals surface area contributed by atoms with Crippen LogP contribution in [0.5, 0.6) is 0 Å². The number of nitrogens with zero attached hydrogens (tertiary/aromatic N) is 2. The molecule has 2 aromatic rings. The molecule has 0 amide bonds. The molecule has 3 rings (SSSR count). The second kappa shape index (κ2) is 4.41. The zero-order valence-electron chi connectivity index (χ0n) is 10.8. The minimum Gasteiger partial charge on any atom is -0.462 e. The van der Waals surface area contributed by atoms with E-state index >= 15 is 0 Å². The van der Waals surface area contributed by atoms with Gasteiger partial charge in [-0.2, -0.15) is 0 Å². The Morgan fingerprint density at radius 1 is 1.45 bits per heavy atom. The first-order valence-corrected chi connectivity index (χ1v) is 6.19. The molecule has 1 aromatic heterocycles. The molecule has 6 heteroatoms. The maximum absolute atomic E-state index is 11.9. The van der Waals surface area contributed by atoms with Crippen LogP contribution in [0.2, 0.25) is 0 Å². The van der Waals surface area contributed by atoms with Crippen LogP contribution in [-0.4, -0.2) is 28.1 Å². The number of benzene rings is 1. The monoisotopic (exact) mass is 271 g/mol. The number of rotatable bonds is 2. The molecule has 102 valence electrons. The van der Waals surface area contributed by atoms with Crippen molar-refractivity contribution in [1.82, 2.24) is 4.57 Å². The summed E-state index contributed by atoms with van der Waals surface area (Å²) in [5.74, 6) is -0.203. The number of ether oxygens (including phenoxy) is 1. The molecule has 0 aliphatic carbocycles. The third-order valence-corrected chi connectivity index (χ3v) is 3.28. The molecule has 0 spiro atoms. The van der Waals surface area contributed by atoms with Crippen LogP contribution in [0.25, 0.3) is 5.69 Å². The molecule has 0 unspecified atom stereocenters. The highest BCUT2D eigenvalue weighted by atomic mass is 16.5. The number of nitrogen functional groups attached to an aromatic ring is 1. The van der Waals surface area contributed by atoms with Crippen molar-refractivity contribution in [3.05, 3.63) is 47.2 Å². The average Bonchev–Trinajstić information content (AvgIpc) is 2.94. The summed E-state index contributed by atoms with van der Waals surface area (Å²) in [5, 5.41) is 12.5. The van der Waals surface area contributed by atoms with Gasteiger partial charge in [-0.25, -0.2) is 4.79 Å². The van der Waals surface area contributed by atoms with Crippen LogP contribution in [0.15, 0.2) is 35.5 Å². The molecule has 0 saturated carbocycles. The molecule has 1 aliphatic rings. The summed E-state index contributed by atoms with van der Waals surface area (Å²) in [6.07, 6.45) is 0. The van der Waals surface area contributed by atoms with Crippen molar-refractivity contribution >= 4 is 17.5 Å². The summed E-state index contributed by atoms with van der Waals surface area (Å²) in [6, 6.07) is 8.97. The molecule has 20 heavy (non-hydrogen) atoms. The van der Waals surface area contributed by atoms with Gasteiger partial charge in [-0.1, -0.05) is 23.4 Å². The number of carbonyl (C=O) groups is 1. The first-order chi connectivity index (χ1) is 9.69. The van der Waals surface area contributed by atoms with Crippen LogP contribution in [0.1, 0.15) is 28.5 Å². The second-order valence-corrected chi connectivity index (χ2v) is 4.35. The van der Waals surface area contributed by atoms with Gasteiger partial charge >= 0.3 is 5.97 Å². The lowest BCUT2D eigenvalue weighted by Crippen LogP contribution is -2.08. The van der Waals surface area contributed by atoms with Gasteiger partial charge in [-0.3, -0.25) is 4.57 Å². The standard InChI is InChI=1S/C14H13N3O3/c1-2-20-14(18)9-7-11-12(16-19)8-5-3-4-6-10(8)17(11)13(9)15/h3-7,19H,2,15H2,1H3/b16-12-. The highest BCUT2D eigenvalue weighted by Crippen LogP contribution is 2.34. The summed E-state index contributed by atoms with van der Waals surface area (Å²) in [5.41, 5.74) is 8.84.